The van der Waals surface area contributed by atoms with Crippen LogP contribution in [0.5, 0.6) is 11.5 Å². The largest absolute Gasteiger partial charge is 0.504 e. The molecule has 1 heterocycles. The van der Waals surface area contributed by atoms with Crippen LogP contribution in [0.25, 0.3) is 11.4 Å². The number of methoxy groups -OCH3 is 1. The molecular weight excluding hydrogens is 484 g/mol. The SMILES string of the molecule is COc1cc([C@@H](C(=O)NC(C)(C)C)N(C(=O)Cn2nnc(-c3ccc(C)cc3)n2)C2CCCC2)ccc1O. The van der Waals surface area contributed by atoms with Gasteiger partial charge in [-0.3, -0.25) is 9.59 Å². The first-order valence-corrected chi connectivity index (χ1v) is 12.9. The molecule has 202 valence electrons. The molecule has 2 amide bonds. The number of hydrogen-bond donors (Lipinski definition) is 2. The summed E-state index contributed by atoms with van der Waals surface area (Å²) >= 11 is 0. The van der Waals surface area contributed by atoms with Crippen LogP contribution in [-0.4, -0.2) is 60.7 Å². The number of phenols is 1. The van der Waals surface area contributed by atoms with Gasteiger partial charge in [0, 0.05) is 17.1 Å². The zero-order valence-electron chi connectivity index (χ0n) is 22.6. The molecule has 1 aliphatic rings. The quantitative estimate of drug-likeness (QED) is 0.463. The third-order valence-electron chi connectivity index (χ3n) is 6.59. The Hall–Kier alpha value is -3.95. The lowest BCUT2D eigenvalue weighted by Gasteiger charge is -2.37. The fraction of sp³-hybridized carbons (Fsp3) is 0.464. The minimum absolute atomic E-state index is 0.0413. The number of nitrogens with zero attached hydrogens (tertiary/aromatic N) is 5. The third-order valence-corrected chi connectivity index (χ3v) is 6.59. The minimum atomic E-state index is -0.931. The molecule has 10 nitrogen and oxygen atoms in total. The molecule has 1 aromatic heterocycles. The van der Waals surface area contributed by atoms with E-state index < -0.39 is 11.6 Å². The molecule has 0 aliphatic heterocycles. The molecule has 1 saturated carbocycles. The summed E-state index contributed by atoms with van der Waals surface area (Å²) in [6.45, 7) is 7.53. The predicted molar refractivity (Wildman–Crippen MR) is 142 cm³/mol. The first-order chi connectivity index (χ1) is 18.1. The van der Waals surface area contributed by atoms with E-state index in [0.717, 1.165) is 36.8 Å². The first-order valence-electron chi connectivity index (χ1n) is 12.9. The van der Waals surface area contributed by atoms with Crippen molar-refractivity contribution in [1.29, 1.82) is 0 Å². The van der Waals surface area contributed by atoms with Crippen molar-refractivity contribution >= 4 is 11.8 Å². The molecule has 3 aromatic rings. The van der Waals surface area contributed by atoms with Gasteiger partial charge < -0.3 is 20.1 Å². The number of tetrazole rings is 1. The standard InChI is InChI=1S/C28H36N6O4/c1-18-10-12-19(13-11-18)26-30-32-33(31-26)17-24(36)34(21-8-6-7-9-21)25(27(37)29-28(2,3)4)20-14-15-22(35)23(16-20)38-5/h10-16,21,25,35H,6-9,17H2,1-5H3,(H,29,37)/t25-/m0/s1. The van der Waals surface area contributed by atoms with E-state index in [0.29, 0.717) is 11.4 Å². The number of carbonyl (C=O) groups is 2. The fourth-order valence-corrected chi connectivity index (χ4v) is 4.81. The number of benzene rings is 2. The van der Waals surface area contributed by atoms with Crippen LogP contribution in [0.4, 0.5) is 0 Å². The summed E-state index contributed by atoms with van der Waals surface area (Å²) in [7, 11) is 1.45. The molecule has 0 radical (unpaired) electrons. The van der Waals surface area contributed by atoms with E-state index in [-0.39, 0.29) is 35.9 Å². The maximum Gasteiger partial charge on any atom is 0.247 e. The van der Waals surface area contributed by atoms with Crippen molar-refractivity contribution in [2.45, 2.75) is 77.5 Å². The predicted octanol–water partition coefficient (Wildman–Crippen LogP) is 3.79. The molecule has 1 aliphatic carbocycles. The molecule has 2 N–H and O–H groups in total. The number of carbonyl (C=O) groups excluding carboxylic acids is 2. The highest BCUT2D eigenvalue weighted by Gasteiger charge is 2.39. The Kier molecular flexibility index (Phi) is 7.99. The lowest BCUT2D eigenvalue weighted by molar-refractivity contribution is -0.145. The van der Waals surface area contributed by atoms with E-state index in [1.165, 1.54) is 18.0 Å². The molecule has 0 bridgehead atoms. The smallest absolute Gasteiger partial charge is 0.247 e. The van der Waals surface area contributed by atoms with E-state index in [4.69, 9.17) is 4.74 Å². The normalized spacial score (nSPS) is 14.8. The fourth-order valence-electron chi connectivity index (χ4n) is 4.81. The average molecular weight is 521 g/mol. The molecule has 10 heteroatoms. The molecule has 4 rings (SSSR count). The van der Waals surface area contributed by atoms with Gasteiger partial charge in [-0.1, -0.05) is 48.7 Å². The van der Waals surface area contributed by atoms with Gasteiger partial charge in [-0.15, -0.1) is 10.2 Å². The second-order valence-electron chi connectivity index (χ2n) is 10.8. The van der Waals surface area contributed by atoms with Crippen LogP contribution >= 0.6 is 0 Å². The summed E-state index contributed by atoms with van der Waals surface area (Å²) < 4.78 is 5.31. The molecule has 0 unspecified atom stereocenters. The number of aryl methyl sites for hydroxylation is 1. The van der Waals surface area contributed by atoms with Crippen molar-refractivity contribution in [3.8, 4) is 22.9 Å². The van der Waals surface area contributed by atoms with Gasteiger partial charge in [0.05, 0.1) is 7.11 Å². The molecule has 1 atom stereocenters. The van der Waals surface area contributed by atoms with Crippen molar-refractivity contribution in [3.63, 3.8) is 0 Å². The number of ether oxygens (including phenoxy) is 1. The number of phenolic OH excluding ortho intramolecular Hbond substituents is 1. The zero-order chi connectivity index (χ0) is 27.4. The van der Waals surface area contributed by atoms with E-state index in [1.807, 2.05) is 52.0 Å². The van der Waals surface area contributed by atoms with Gasteiger partial charge in [-0.05, 0) is 63.4 Å². The minimum Gasteiger partial charge on any atom is -0.504 e. The molecular formula is C28H36N6O4. The number of aromatic nitrogens is 4. The van der Waals surface area contributed by atoms with Gasteiger partial charge in [-0.25, -0.2) is 0 Å². The van der Waals surface area contributed by atoms with Gasteiger partial charge in [0.25, 0.3) is 0 Å². The van der Waals surface area contributed by atoms with E-state index in [2.05, 4.69) is 20.7 Å². The van der Waals surface area contributed by atoms with Gasteiger partial charge in [-0.2, -0.15) is 4.80 Å². The zero-order valence-corrected chi connectivity index (χ0v) is 22.6. The van der Waals surface area contributed by atoms with Crippen LogP contribution in [0.3, 0.4) is 0 Å². The number of hydrogen-bond acceptors (Lipinski definition) is 7. The molecule has 1 fully saturated rings. The Balaban J connectivity index is 1.69. The maximum absolute atomic E-state index is 13.9. The summed E-state index contributed by atoms with van der Waals surface area (Å²) in [6.07, 6.45) is 3.53. The topological polar surface area (TPSA) is 122 Å². The van der Waals surface area contributed by atoms with Crippen LogP contribution in [-0.2, 0) is 16.1 Å². The average Bonchev–Trinajstić information content (AvgIpc) is 3.55. The lowest BCUT2D eigenvalue weighted by Crippen LogP contribution is -2.52. The second-order valence-corrected chi connectivity index (χ2v) is 10.8. The summed E-state index contributed by atoms with van der Waals surface area (Å²) in [5.74, 6) is 0.0229. The van der Waals surface area contributed by atoms with E-state index in [9.17, 15) is 14.7 Å². The Morgan fingerprint density at radius 3 is 2.47 bits per heavy atom. The Morgan fingerprint density at radius 2 is 1.84 bits per heavy atom. The number of aromatic hydroxyl groups is 1. The van der Waals surface area contributed by atoms with Gasteiger partial charge >= 0.3 is 0 Å². The monoisotopic (exact) mass is 520 g/mol. The number of amides is 2. The van der Waals surface area contributed by atoms with Crippen LogP contribution in [0.2, 0.25) is 0 Å². The summed E-state index contributed by atoms with van der Waals surface area (Å²) in [5, 5.41) is 25.9. The van der Waals surface area contributed by atoms with Gasteiger partial charge in [0.2, 0.25) is 17.6 Å². The van der Waals surface area contributed by atoms with Crippen LogP contribution < -0.4 is 10.1 Å². The van der Waals surface area contributed by atoms with E-state index >= 15 is 0 Å². The molecule has 0 saturated heterocycles. The number of rotatable bonds is 8. The Labute approximate surface area is 223 Å². The maximum atomic E-state index is 13.9. The van der Waals surface area contributed by atoms with Gasteiger partial charge in [0.15, 0.2) is 11.5 Å². The summed E-state index contributed by atoms with van der Waals surface area (Å²) in [6, 6.07) is 11.4. The molecule has 0 spiro atoms. The van der Waals surface area contributed by atoms with Crippen molar-refractivity contribution < 1.29 is 19.4 Å². The second kappa shape index (κ2) is 11.2. The van der Waals surface area contributed by atoms with Crippen molar-refractivity contribution in [1.82, 2.24) is 30.4 Å². The highest BCUT2D eigenvalue weighted by Crippen LogP contribution is 2.36. The van der Waals surface area contributed by atoms with Gasteiger partial charge in [0.1, 0.15) is 12.6 Å². The molecule has 38 heavy (non-hydrogen) atoms. The van der Waals surface area contributed by atoms with Crippen LogP contribution in [0.15, 0.2) is 42.5 Å². The Bertz CT molecular complexity index is 1280. The van der Waals surface area contributed by atoms with E-state index in [1.54, 1.807) is 17.0 Å². The lowest BCUT2D eigenvalue weighted by atomic mass is 9.98. The molecule has 2 aromatic carbocycles. The first kappa shape index (κ1) is 27.1. The van der Waals surface area contributed by atoms with Crippen molar-refractivity contribution in [3.05, 3.63) is 53.6 Å². The highest BCUT2D eigenvalue weighted by molar-refractivity contribution is 5.89. The summed E-state index contributed by atoms with van der Waals surface area (Å²) in [5.41, 5.74) is 1.96. The Morgan fingerprint density at radius 1 is 1.16 bits per heavy atom. The van der Waals surface area contributed by atoms with Crippen molar-refractivity contribution in [2.24, 2.45) is 0 Å². The van der Waals surface area contributed by atoms with Crippen LogP contribution in [0.1, 0.15) is 63.6 Å². The van der Waals surface area contributed by atoms with Crippen molar-refractivity contribution in [2.75, 3.05) is 7.11 Å². The summed E-state index contributed by atoms with van der Waals surface area (Å²) in [4.78, 5) is 30.6. The number of nitrogens with one attached hydrogen (secondary N) is 1. The van der Waals surface area contributed by atoms with Crippen LogP contribution in [0, 0.1) is 6.92 Å². The third kappa shape index (κ3) is 6.30. The highest BCUT2D eigenvalue weighted by atomic mass is 16.5.